The summed E-state index contributed by atoms with van der Waals surface area (Å²) >= 11 is 1.69. The van der Waals surface area contributed by atoms with Crippen molar-refractivity contribution in [2.24, 2.45) is 5.41 Å². The Labute approximate surface area is 117 Å². The molecule has 6 nitrogen and oxygen atoms in total. The van der Waals surface area contributed by atoms with Crippen molar-refractivity contribution in [3.05, 3.63) is 0 Å². The number of amides is 3. The first-order chi connectivity index (χ1) is 8.76. The molecule has 0 radical (unpaired) electrons. The monoisotopic (exact) mass is 290 g/mol. The van der Waals surface area contributed by atoms with Gasteiger partial charge in [0.05, 0.1) is 6.42 Å². The summed E-state index contributed by atoms with van der Waals surface area (Å²) in [4.78, 5) is 33.5. The van der Waals surface area contributed by atoms with Gasteiger partial charge in [-0.2, -0.15) is 11.8 Å². The van der Waals surface area contributed by atoms with Crippen LogP contribution in [0.2, 0.25) is 0 Å². The Bertz CT molecular complexity index is 332. The Morgan fingerprint density at radius 1 is 1.21 bits per heavy atom. The first kappa shape index (κ1) is 17.8. The normalized spacial score (nSPS) is 10.9. The second kappa shape index (κ2) is 8.79. The van der Waals surface area contributed by atoms with Crippen LogP contribution in [0.15, 0.2) is 0 Å². The van der Waals surface area contributed by atoms with Gasteiger partial charge in [0.15, 0.2) is 0 Å². The molecule has 0 bridgehead atoms. The fourth-order valence-corrected chi connectivity index (χ4v) is 1.97. The largest absolute Gasteiger partial charge is 0.481 e. The van der Waals surface area contributed by atoms with Crippen molar-refractivity contribution >= 4 is 29.7 Å². The van der Waals surface area contributed by atoms with E-state index in [4.69, 9.17) is 5.11 Å². The summed E-state index contributed by atoms with van der Waals surface area (Å²) in [6.07, 6.45) is 2.70. The molecule has 19 heavy (non-hydrogen) atoms. The molecule has 0 saturated heterocycles. The van der Waals surface area contributed by atoms with Gasteiger partial charge in [-0.1, -0.05) is 13.8 Å². The molecule has 0 saturated carbocycles. The molecule has 0 heterocycles. The average Bonchev–Trinajstić information content (AvgIpc) is 2.21. The predicted molar refractivity (Wildman–Crippen MR) is 75.2 cm³/mol. The molecule has 0 aliphatic heterocycles. The number of hydrogen-bond donors (Lipinski definition) is 3. The highest BCUT2D eigenvalue weighted by atomic mass is 32.2. The molecule has 0 atom stereocenters. The molecule has 110 valence electrons. The van der Waals surface area contributed by atoms with Crippen LogP contribution in [0.4, 0.5) is 4.79 Å². The zero-order valence-electron chi connectivity index (χ0n) is 11.6. The molecular formula is C12H22N2O4S. The van der Waals surface area contributed by atoms with Crippen LogP contribution >= 0.6 is 11.8 Å². The van der Waals surface area contributed by atoms with Crippen molar-refractivity contribution in [1.82, 2.24) is 10.6 Å². The maximum Gasteiger partial charge on any atom is 0.321 e. The minimum atomic E-state index is -0.959. The number of nitrogens with one attached hydrogen (secondary N) is 2. The summed E-state index contributed by atoms with van der Waals surface area (Å²) in [6.45, 7) is 3.87. The highest BCUT2D eigenvalue weighted by molar-refractivity contribution is 7.98. The lowest BCUT2D eigenvalue weighted by Crippen LogP contribution is -2.41. The number of carbonyl (C=O) groups excluding carboxylic acids is 2. The van der Waals surface area contributed by atoms with E-state index in [1.807, 2.05) is 6.26 Å². The molecule has 0 aliphatic carbocycles. The molecule has 0 spiro atoms. The fourth-order valence-electron chi connectivity index (χ4n) is 1.54. The van der Waals surface area contributed by atoms with Crippen molar-refractivity contribution in [3.8, 4) is 0 Å². The molecule has 7 heteroatoms. The van der Waals surface area contributed by atoms with Crippen LogP contribution in [-0.2, 0) is 9.59 Å². The lowest BCUT2D eigenvalue weighted by molar-refractivity contribution is -0.139. The van der Waals surface area contributed by atoms with Crippen LogP contribution in [0.1, 0.15) is 33.1 Å². The quantitative estimate of drug-likeness (QED) is 0.588. The molecule has 3 amide bonds. The lowest BCUT2D eigenvalue weighted by atomic mass is 9.85. The minimum Gasteiger partial charge on any atom is -0.481 e. The second-order valence-corrected chi connectivity index (χ2v) is 6.05. The van der Waals surface area contributed by atoms with E-state index >= 15 is 0 Å². The molecule has 0 rings (SSSR count). The third kappa shape index (κ3) is 10.4. The summed E-state index contributed by atoms with van der Waals surface area (Å²) in [7, 11) is 0. The molecule has 0 aromatic rings. The van der Waals surface area contributed by atoms with E-state index < -0.39 is 23.3 Å². The highest BCUT2D eigenvalue weighted by Crippen LogP contribution is 2.24. The maximum atomic E-state index is 11.6. The number of rotatable bonds is 8. The number of imide groups is 1. The van der Waals surface area contributed by atoms with Gasteiger partial charge in [0.25, 0.3) is 0 Å². The highest BCUT2D eigenvalue weighted by Gasteiger charge is 2.25. The van der Waals surface area contributed by atoms with Gasteiger partial charge in [-0.15, -0.1) is 0 Å². The number of carboxylic acids is 1. The topological polar surface area (TPSA) is 95.5 Å². The summed E-state index contributed by atoms with van der Waals surface area (Å²) in [5.74, 6) is -0.479. The number of carboxylic acid groups (broad SMARTS) is 1. The number of aliphatic carboxylic acids is 1. The Morgan fingerprint density at radius 3 is 2.37 bits per heavy atom. The average molecular weight is 290 g/mol. The van der Waals surface area contributed by atoms with Crippen LogP contribution in [-0.4, -0.2) is 41.6 Å². The molecule has 3 N–H and O–H groups in total. The Hall–Kier alpha value is -1.24. The fraction of sp³-hybridized carbons (Fsp3) is 0.750. The number of urea groups is 1. The molecule has 0 aromatic carbocycles. The van der Waals surface area contributed by atoms with E-state index in [0.717, 1.165) is 12.2 Å². The molecule has 0 fully saturated rings. The third-order valence-corrected chi connectivity index (χ3v) is 3.03. The van der Waals surface area contributed by atoms with E-state index in [1.165, 1.54) is 0 Å². The van der Waals surface area contributed by atoms with Gasteiger partial charge in [0.2, 0.25) is 5.91 Å². The molecular weight excluding hydrogens is 268 g/mol. The van der Waals surface area contributed by atoms with Gasteiger partial charge in [-0.05, 0) is 23.8 Å². The van der Waals surface area contributed by atoms with Crippen LogP contribution in [0.3, 0.4) is 0 Å². The van der Waals surface area contributed by atoms with Gasteiger partial charge in [0.1, 0.15) is 0 Å². The molecule has 0 aliphatic rings. The summed E-state index contributed by atoms with van der Waals surface area (Å²) in [5.41, 5.74) is -0.672. The van der Waals surface area contributed by atoms with Crippen LogP contribution in [0, 0.1) is 5.41 Å². The third-order valence-electron chi connectivity index (χ3n) is 2.33. The van der Waals surface area contributed by atoms with Gasteiger partial charge in [-0.25, -0.2) is 4.79 Å². The smallest absolute Gasteiger partial charge is 0.321 e. The van der Waals surface area contributed by atoms with Gasteiger partial charge in [-0.3, -0.25) is 14.9 Å². The zero-order valence-corrected chi connectivity index (χ0v) is 12.4. The van der Waals surface area contributed by atoms with Gasteiger partial charge < -0.3 is 10.4 Å². The number of hydrogen-bond acceptors (Lipinski definition) is 4. The van der Waals surface area contributed by atoms with Crippen molar-refractivity contribution in [3.63, 3.8) is 0 Å². The Kier molecular flexibility index (Phi) is 8.22. The van der Waals surface area contributed by atoms with E-state index in [1.54, 1.807) is 25.6 Å². The SMILES string of the molecule is CSCCCNC(=O)NC(=O)CC(C)(C)CC(=O)O. The van der Waals surface area contributed by atoms with Crippen molar-refractivity contribution in [1.29, 1.82) is 0 Å². The van der Waals surface area contributed by atoms with Crippen molar-refractivity contribution in [2.45, 2.75) is 33.1 Å². The first-order valence-electron chi connectivity index (χ1n) is 6.05. The zero-order chi connectivity index (χ0) is 14.9. The molecule has 0 aromatic heterocycles. The van der Waals surface area contributed by atoms with E-state index in [2.05, 4.69) is 10.6 Å². The lowest BCUT2D eigenvalue weighted by Gasteiger charge is -2.21. The summed E-state index contributed by atoms with van der Waals surface area (Å²) in [6, 6.07) is -0.530. The van der Waals surface area contributed by atoms with Gasteiger partial charge in [0, 0.05) is 13.0 Å². The maximum absolute atomic E-state index is 11.6. The van der Waals surface area contributed by atoms with Gasteiger partial charge >= 0.3 is 12.0 Å². The Morgan fingerprint density at radius 2 is 1.84 bits per heavy atom. The Balaban J connectivity index is 3.96. The van der Waals surface area contributed by atoms with Crippen LogP contribution in [0.25, 0.3) is 0 Å². The van der Waals surface area contributed by atoms with E-state index in [9.17, 15) is 14.4 Å². The standard InChI is InChI=1S/C12H22N2O4S/c1-12(2,8-10(16)17)7-9(15)14-11(18)13-5-4-6-19-3/h4-8H2,1-3H3,(H,16,17)(H2,13,14,15,18). The van der Waals surface area contributed by atoms with Crippen LogP contribution in [0.5, 0.6) is 0 Å². The van der Waals surface area contributed by atoms with Crippen LogP contribution < -0.4 is 10.6 Å². The molecule has 0 unspecified atom stereocenters. The first-order valence-corrected chi connectivity index (χ1v) is 7.44. The van der Waals surface area contributed by atoms with E-state index in [-0.39, 0.29) is 12.8 Å². The summed E-state index contributed by atoms with van der Waals surface area (Å²) < 4.78 is 0. The number of thioether (sulfide) groups is 1. The second-order valence-electron chi connectivity index (χ2n) is 5.06. The van der Waals surface area contributed by atoms with Crippen molar-refractivity contribution in [2.75, 3.05) is 18.6 Å². The van der Waals surface area contributed by atoms with E-state index in [0.29, 0.717) is 6.54 Å². The summed E-state index contributed by atoms with van der Waals surface area (Å²) in [5, 5.41) is 13.5. The number of carbonyl (C=O) groups is 3. The predicted octanol–water partition coefficient (Wildman–Crippen LogP) is 1.46. The minimum absolute atomic E-state index is 0.00245. The van der Waals surface area contributed by atoms with Crippen molar-refractivity contribution < 1.29 is 19.5 Å².